The molecule has 5 aromatic rings. The van der Waals surface area contributed by atoms with E-state index in [2.05, 4.69) is 56.3 Å². The molecule has 6 rings (SSSR count). The van der Waals surface area contributed by atoms with Crippen LogP contribution in [0.5, 0.6) is 5.75 Å². The number of carbonyl (C=O) groups excluding carboxylic acids is 1. The van der Waals surface area contributed by atoms with Gasteiger partial charge in [-0.15, -0.1) is 0 Å². The second kappa shape index (κ2) is 11.7. The second-order valence-corrected chi connectivity index (χ2v) is 10.2. The van der Waals surface area contributed by atoms with Crippen LogP contribution < -0.4 is 20.3 Å². The maximum Gasteiger partial charge on any atom is 0.262 e. The third kappa shape index (κ3) is 5.55. The van der Waals surface area contributed by atoms with Crippen LogP contribution in [-0.2, 0) is 4.79 Å². The molecule has 2 N–H and O–H groups in total. The molecule has 0 radical (unpaired) electrons. The first kappa shape index (κ1) is 26.3. The van der Waals surface area contributed by atoms with Crippen LogP contribution in [0.15, 0.2) is 121 Å². The van der Waals surface area contributed by atoms with Crippen LogP contribution in [0.2, 0.25) is 0 Å². The summed E-state index contributed by atoms with van der Waals surface area (Å²) < 4.78 is 7.84. The largest absolute Gasteiger partial charge is 0.484 e. The monoisotopic (exact) mass is 559 g/mol. The summed E-state index contributed by atoms with van der Waals surface area (Å²) in [7, 11) is 0. The van der Waals surface area contributed by atoms with Crippen molar-refractivity contribution >= 4 is 34.6 Å². The predicted molar refractivity (Wildman–Crippen MR) is 165 cm³/mol. The van der Waals surface area contributed by atoms with Crippen LogP contribution in [0.1, 0.15) is 29.2 Å². The highest BCUT2D eigenvalue weighted by molar-refractivity contribution is 7.80. The summed E-state index contributed by atoms with van der Waals surface area (Å²) in [5, 5.41) is 7.05. The van der Waals surface area contributed by atoms with Crippen molar-refractivity contribution in [2.75, 3.05) is 16.8 Å². The quantitative estimate of drug-likeness (QED) is 0.215. The molecule has 3 aromatic carbocycles. The van der Waals surface area contributed by atoms with E-state index in [4.69, 9.17) is 17.0 Å². The number of para-hydroxylation sites is 2. The van der Waals surface area contributed by atoms with Crippen molar-refractivity contribution in [3.63, 3.8) is 0 Å². The van der Waals surface area contributed by atoms with Gasteiger partial charge in [0.05, 0.1) is 11.7 Å². The van der Waals surface area contributed by atoms with E-state index in [0.29, 0.717) is 16.5 Å². The number of thiocarbonyl (C=S) groups is 1. The Morgan fingerprint density at radius 2 is 1.59 bits per heavy atom. The van der Waals surface area contributed by atoms with Gasteiger partial charge in [-0.1, -0.05) is 42.5 Å². The number of nitrogens with one attached hydrogen (secondary N) is 2. The molecule has 1 saturated heterocycles. The molecule has 0 unspecified atom stereocenters. The van der Waals surface area contributed by atoms with Gasteiger partial charge in [-0.25, -0.2) is 0 Å². The summed E-state index contributed by atoms with van der Waals surface area (Å²) in [5.74, 6) is 0.418. The van der Waals surface area contributed by atoms with Gasteiger partial charge in [0.2, 0.25) is 0 Å². The van der Waals surface area contributed by atoms with Crippen LogP contribution >= 0.6 is 12.2 Å². The number of hydrogen-bond donors (Lipinski definition) is 2. The smallest absolute Gasteiger partial charge is 0.262 e. The topological polar surface area (TPSA) is 71.4 Å². The molecular weight excluding hydrogens is 530 g/mol. The lowest BCUT2D eigenvalue weighted by atomic mass is 10.0. The minimum Gasteiger partial charge on any atom is -0.484 e. The van der Waals surface area contributed by atoms with Crippen molar-refractivity contribution in [3.05, 3.63) is 139 Å². The molecule has 0 aliphatic carbocycles. The first-order chi connectivity index (χ1) is 20.1. The fourth-order valence-electron chi connectivity index (χ4n) is 5.22. The number of aryl methyl sites for hydroxylation is 1. The molecule has 204 valence electrons. The van der Waals surface area contributed by atoms with Gasteiger partial charge in [-0.2, -0.15) is 0 Å². The van der Waals surface area contributed by atoms with E-state index in [-0.39, 0.29) is 24.6 Å². The van der Waals surface area contributed by atoms with Crippen molar-refractivity contribution in [2.45, 2.75) is 19.0 Å². The third-order valence-electron chi connectivity index (χ3n) is 7.06. The van der Waals surface area contributed by atoms with Gasteiger partial charge in [0.25, 0.3) is 5.91 Å². The summed E-state index contributed by atoms with van der Waals surface area (Å²) in [6.07, 6.45) is 1.81. The van der Waals surface area contributed by atoms with E-state index in [1.165, 1.54) is 0 Å². The fourth-order valence-corrected chi connectivity index (χ4v) is 5.57. The normalized spacial score (nSPS) is 16.3. The summed E-state index contributed by atoms with van der Waals surface area (Å²) in [6, 6.07) is 37.2. The van der Waals surface area contributed by atoms with E-state index in [0.717, 1.165) is 28.5 Å². The average molecular weight is 560 g/mol. The first-order valence-corrected chi connectivity index (χ1v) is 13.8. The van der Waals surface area contributed by atoms with E-state index in [1.54, 1.807) is 6.20 Å². The third-order valence-corrected chi connectivity index (χ3v) is 7.38. The van der Waals surface area contributed by atoms with Gasteiger partial charge in [0.15, 0.2) is 11.7 Å². The Labute approximate surface area is 244 Å². The van der Waals surface area contributed by atoms with Crippen LogP contribution in [-0.4, -0.2) is 27.2 Å². The van der Waals surface area contributed by atoms with E-state index in [9.17, 15) is 4.79 Å². The molecule has 2 atom stereocenters. The van der Waals surface area contributed by atoms with Gasteiger partial charge in [-0.3, -0.25) is 9.78 Å². The van der Waals surface area contributed by atoms with Gasteiger partial charge in [-0.05, 0) is 91.9 Å². The molecule has 2 aromatic heterocycles. The summed E-state index contributed by atoms with van der Waals surface area (Å²) in [5.41, 5.74) is 5.78. The molecule has 0 bridgehead atoms. The number of benzene rings is 3. The molecule has 1 fully saturated rings. The predicted octanol–water partition coefficient (Wildman–Crippen LogP) is 6.38. The van der Waals surface area contributed by atoms with E-state index >= 15 is 0 Å². The van der Waals surface area contributed by atoms with Gasteiger partial charge >= 0.3 is 0 Å². The van der Waals surface area contributed by atoms with Crippen molar-refractivity contribution in [1.29, 1.82) is 0 Å². The number of pyridine rings is 1. The maximum atomic E-state index is 12.5. The Morgan fingerprint density at radius 3 is 2.29 bits per heavy atom. The molecule has 0 spiro atoms. The zero-order valence-corrected chi connectivity index (χ0v) is 23.3. The van der Waals surface area contributed by atoms with Crippen LogP contribution in [0, 0.1) is 6.92 Å². The number of rotatable bonds is 8. The minimum absolute atomic E-state index is 0.0739. The number of carbonyl (C=O) groups is 1. The zero-order chi connectivity index (χ0) is 28.2. The van der Waals surface area contributed by atoms with Crippen LogP contribution in [0.3, 0.4) is 0 Å². The van der Waals surface area contributed by atoms with Crippen molar-refractivity contribution < 1.29 is 9.53 Å². The Balaban J connectivity index is 1.30. The zero-order valence-electron chi connectivity index (χ0n) is 22.5. The molecule has 8 heteroatoms. The molecular formula is C33H29N5O2S. The SMILES string of the molecule is Cc1ccc([C@@H]2[C@H](c3ccccn3)NC(=S)N2c2ccc(NC(=O)COc3ccccc3)cc2)n1-c1ccccc1. The molecule has 3 heterocycles. The van der Waals surface area contributed by atoms with Crippen molar-refractivity contribution in [2.24, 2.45) is 0 Å². The molecule has 1 aliphatic rings. The number of nitrogens with zero attached hydrogens (tertiary/aromatic N) is 3. The van der Waals surface area contributed by atoms with Crippen LogP contribution in [0.4, 0.5) is 11.4 Å². The number of amides is 1. The average Bonchev–Trinajstić information content (AvgIpc) is 3.57. The highest BCUT2D eigenvalue weighted by Crippen LogP contribution is 2.43. The standard InChI is InChI=1S/C33H29N5O2S/c1-23-15-20-29(37(23)25-10-4-2-5-11-25)32-31(28-14-8-9-21-34-28)36-33(41)38(32)26-18-16-24(17-19-26)35-30(39)22-40-27-12-6-3-7-13-27/h2-21,31-32H,22H2,1H3,(H,35,39)(H,36,41)/t31-,32+/m0/s1. The summed E-state index contributed by atoms with van der Waals surface area (Å²) in [4.78, 5) is 19.3. The Hall–Kier alpha value is -4.95. The fraction of sp³-hybridized carbons (Fsp3) is 0.121. The highest BCUT2D eigenvalue weighted by atomic mass is 32.1. The number of anilines is 2. The number of aromatic nitrogens is 2. The van der Waals surface area contributed by atoms with Crippen LogP contribution in [0.25, 0.3) is 5.69 Å². The number of ether oxygens (including phenoxy) is 1. The van der Waals surface area contributed by atoms with Crippen molar-refractivity contribution in [3.8, 4) is 11.4 Å². The lowest BCUT2D eigenvalue weighted by molar-refractivity contribution is -0.118. The molecule has 41 heavy (non-hydrogen) atoms. The van der Waals surface area contributed by atoms with E-state index in [1.807, 2.05) is 91.0 Å². The van der Waals surface area contributed by atoms with E-state index < -0.39 is 0 Å². The Morgan fingerprint density at radius 1 is 0.878 bits per heavy atom. The summed E-state index contributed by atoms with van der Waals surface area (Å²) >= 11 is 5.92. The van der Waals surface area contributed by atoms with Crippen molar-refractivity contribution in [1.82, 2.24) is 14.9 Å². The molecule has 1 aliphatic heterocycles. The molecule has 1 amide bonds. The number of hydrogen-bond acceptors (Lipinski definition) is 4. The van der Waals surface area contributed by atoms with Gasteiger partial charge < -0.3 is 24.8 Å². The molecule has 7 nitrogen and oxygen atoms in total. The lowest BCUT2D eigenvalue weighted by Crippen LogP contribution is -2.30. The first-order valence-electron chi connectivity index (χ1n) is 13.4. The summed E-state index contributed by atoms with van der Waals surface area (Å²) in [6.45, 7) is 2.03. The molecule has 0 saturated carbocycles. The minimum atomic E-state index is -0.232. The Bertz CT molecular complexity index is 1640. The lowest BCUT2D eigenvalue weighted by Gasteiger charge is -2.29. The highest BCUT2D eigenvalue weighted by Gasteiger charge is 2.42. The maximum absolute atomic E-state index is 12.5. The van der Waals surface area contributed by atoms with Gasteiger partial charge in [0, 0.05) is 34.6 Å². The van der Waals surface area contributed by atoms with Gasteiger partial charge in [0.1, 0.15) is 11.8 Å². The Kier molecular flexibility index (Phi) is 7.47. The second-order valence-electron chi connectivity index (χ2n) is 9.76.